The Morgan fingerprint density at radius 3 is 3.00 bits per heavy atom. The van der Waals surface area contributed by atoms with Gasteiger partial charge in [-0.1, -0.05) is 46.9 Å². The van der Waals surface area contributed by atoms with Gasteiger partial charge in [0.1, 0.15) is 0 Å². The standard InChI is InChI=1S/C15H21BrClNO/c1-2-10-5-6-18-12(7-10)9-15(19)13-4-3-11(16)8-14(13)17/h3-4,8,10,12,15,18-19H,2,5-7,9H2,1H3. The minimum Gasteiger partial charge on any atom is -0.388 e. The van der Waals surface area contributed by atoms with Crippen molar-refractivity contribution in [2.75, 3.05) is 6.54 Å². The van der Waals surface area contributed by atoms with Crippen molar-refractivity contribution in [1.82, 2.24) is 5.32 Å². The van der Waals surface area contributed by atoms with Gasteiger partial charge in [-0.15, -0.1) is 0 Å². The molecule has 0 saturated carbocycles. The summed E-state index contributed by atoms with van der Waals surface area (Å²) in [5.74, 6) is 0.791. The highest BCUT2D eigenvalue weighted by Crippen LogP contribution is 2.31. The van der Waals surface area contributed by atoms with Gasteiger partial charge in [0.25, 0.3) is 0 Å². The Morgan fingerprint density at radius 1 is 1.53 bits per heavy atom. The quantitative estimate of drug-likeness (QED) is 0.851. The second kappa shape index (κ2) is 7.07. The number of rotatable bonds is 4. The number of nitrogens with one attached hydrogen (secondary N) is 1. The fourth-order valence-corrected chi connectivity index (χ4v) is 3.61. The van der Waals surface area contributed by atoms with Crippen LogP contribution >= 0.6 is 27.5 Å². The molecule has 1 saturated heterocycles. The maximum atomic E-state index is 10.4. The predicted octanol–water partition coefficient (Wildman–Crippen LogP) is 4.30. The lowest BCUT2D eigenvalue weighted by Crippen LogP contribution is -2.38. The molecule has 0 aromatic heterocycles. The van der Waals surface area contributed by atoms with Crippen molar-refractivity contribution in [3.63, 3.8) is 0 Å². The first-order chi connectivity index (χ1) is 9.10. The fourth-order valence-electron chi connectivity index (χ4n) is 2.81. The Kier molecular flexibility index (Phi) is 5.70. The number of aliphatic hydroxyl groups is 1. The van der Waals surface area contributed by atoms with Crippen molar-refractivity contribution in [2.45, 2.75) is 44.8 Å². The van der Waals surface area contributed by atoms with E-state index >= 15 is 0 Å². The highest BCUT2D eigenvalue weighted by atomic mass is 79.9. The summed E-state index contributed by atoms with van der Waals surface area (Å²) in [6, 6.07) is 6.06. The summed E-state index contributed by atoms with van der Waals surface area (Å²) < 4.78 is 0.940. The van der Waals surface area contributed by atoms with Crippen LogP contribution in [0.5, 0.6) is 0 Å². The number of hydrogen-bond donors (Lipinski definition) is 2. The minimum atomic E-state index is -0.492. The molecule has 4 heteroatoms. The molecular weight excluding hydrogens is 326 g/mol. The summed E-state index contributed by atoms with van der Waals surface area (Å²) in [7, 11) is 0. The van der Waals surface area contributed by atoms with Crippen LogP contribution in [0.25, 0.3) is 0 Å². The van der Waals surface area contributed by atoms with Crippen LogP contribution in [0.4, 0.5) is 0 Å². The van der Waals surface area contributed by atoms with Crippen molar-refractivity contribution in [1.29, 1.82) is 0 Å². The summed E-state index contributed by atoms with van der Waals surface area (Å²) in [5.41, 5.74) is 0.824. The van der Waals surface area contributed by atoms with E-state index in [-0.39, 0.29) is 0 Å². The van der Waals surface area contributed by atoms with Crippen LogP contribution in [0.15, 0.2) is 22.7 Å². The smallest absolute Gasteiger partial charge is 0.0819 e. The molecule has 1 aliphatic rings. The molecule has 19 heavy (non-hydrogen) atoms. The molecule has 1 aliphatic heterocycles. The van der Waals surface area contributed by atoms with E-state index in [1.165, 1.54) is 12.8 Å². The van der Waals surface area contributed by atoms with Gasteiger partial charge in [-0.25, -0.2) is 0 Å². The molecule has 2 nitrogen and oxygen atoms in total. The van der Waals surface area contributed by atoms with Crippen molar-refractivity contribution in [3.8, 4) is 0 Å². The van der Waals surface area contributed by atoms with Crippen LogP contribution < -0.4 is 5.32 Å². The average Bonchev–Trinajstić information content (AvgIpc) is 2.38. The van der Waals surface area contributed by atoms with Gasteiger partial charge in [-0.2, -0.15) is 0 Å². The fraction of sp³-hybridized carbons (Fsp3) is 0.600. The minimum absolute atomic E-state index is 0.397. The van der Waals surface area contributed by atoms with E-state index in [0.29, 0.717) is 11.1 Å². The molecule has 0 bridgehead atoms. The lowest BCUT2D eigenvalue weighted by Gasteiger charge is -2.31. The summed E-state index contributed by atoms with van der Waals surface area (Å²) in [5, 5.41) is 14.5. The van der Waals surface area contributed by atoms with Crippen LogP contribution in [-0.2, 0) is 0 Å². The van der Waals surface area contributed by atoms with Crippen LogP contribution in [-0.4, -0.2) is 17.7 Å². The van der Waals surface area contributed by atoms with Gasteiger partial charge in [-0.3, -0.25) is 0 Å². The normalized spacial score (nSPS) is 25.3. The summed E-state index contributed by atoms with van der Waals surface area (Å²) in [6.45, 7) is 3.30. The van der Waals surface area contributed by atoms with Crippen molar-refractivity contribution < 1.29 is 5.11 Å². The van der Waals surface area contributed by atoms with E-state index in [1.807, 2.05) is 18.2 Å². The first kappa shape index (κ1) is 15.3. The molecule has 1 aromatic carbocycles. The molecular formula is C15H21BrClNO. The van der Waals surface area contributed by atoms with Crippen molar-refractivity contribution in [3.05, 3.63) is 33.3 Å². The van der Waals surface area contributed by atoms with Crippen molar-refractivity contribution >= 4 is 27.5 Å². The average molecular weight is 347 g/mol. The molecule has 0 spiro atoms. The third-order valence-corrected chi connectivity index (χ3v) is 4.83. The Labute approximate surface area is 128 Å². The summed E-state index contributed by atoms with van der Waals surface area (Å²) in [4.78, 5) is 0. The first-order valence-corrected chi connectivity index (χ1v) is 8.13. The predicted molar refractivity (Wildman–Crippen MR) is 83.5 cm³/mol. The van der Waals surface area contributed by atoms with E-state index < -0.39 is 6.10 Å². The third kappa shape index (κ3) is 4.19. The second-order valence-electron chi connectivity index (χ2n) is 5.37. The van der Waals surface area contributed by atoms with E-state index in [4.69, 9.17) is 11.6 Å². The van der Waals surface area contributed by atoms with E-state index in [2.05, 4.69) is 28.2 Å². The molecule has 2 N–H and O–H groups in total. The maximum absolute atomic E-state index is 10.4. The van der Waals surface area contributed by atoms with E-state index in [9.17, 15) is 5.11 Å². The SMILES string of the molecule is CCC1CCNC(CC(O)c2ccc(Br)cc2Cl)C1. The summed E-state index contributed by atoms with van der Waals surface area (Å²) >= 11 is 9.57. The molecule has 0 radical (unpaired) electrons. The van der Waals surface area contributed by atoms with E-state index in [0.717, 1.165) is 35.3 Å². The van der Waals surface area contributed by atoms with Gasteiger partial charge in [-0.05, 0) is 49.4 Å². The van der Waals surface area contributed by atoms with Gasteiger partial charge in [0.2, 0.25) is 0 Å². The monoisotopic (exact) mass is 345 g/mol. The Bertz CT molecular complexity index is 427. The van der Waals surface area contributed by atoms with Crippen LogP contribution in [0.1, 0.15) is 44.3 Å². The van der Waals surface area contributed by atoms with Gasteiger partial charge in [0.05, 0.1) is 6.10 Å². The van der Waals surface area contributed by atoms with Crippen molar-refractivity contribution in [2.24, 2.45) is 5.92 Å². The first-order valence-electron chi connectivity index (χ1n) is 6.96. The Hall–Kier alpha value is -0.0900. The summed E-state index contributed by atoms with van der Waals surface area (Å²) in [6.07, 6.45) is 3.88. The zero-order valence-corrected chi connectivity index (χ0v) is 13.5. The molecule has 106 valence electrons. The third-order valence-electron chi connectivity index (χ3n) is 4.01. The molecule has 3 unspecified atom stereocenters. The number of benzene rings is 1. The zero-order valence-electron chi connectivity index (χ0n) is 11.2. The van der Waals surface area contributed by atoms with Crippen LogP contribution in [0.3, 0.4) is 0 Å². The number of halogens is 2. The van der Waals surface area contributed by atoms with E-state index in [1.54, 1.807) is 0 Å². The molecule has 0 aliphatic carbocycles. The molecule has 1 fully saturated rings. The highest BCUT2D eigenvalue weighted by Gasteiger charge is 2.23. The lowest BCUT2D eigenvalue weighted by molar-refractivity contribution is 0.136. The Balaban J connectivity index is 1.98. The van der Waals surface area contributed by atoms with Gasteiger partial charge in [0.15, 0.2) is 0 Å². The highest BCUT2D eigenvalue weighted by molar-refractivity contribution is 9.10. The largest absolute Gasteiger partial charge is 0.388 e. The van der Waals surface area contributed by atoms with Gasteiger partial charge < -0.3 is 10.4 Å². The second-order valence-corrected chi connectivity index (χ2v) is 6.69. The number of aliphatic hydroxyl groups excluding tert-OH is 1. The van der Waals surface area contributed by atoms with Crippen LogP contribution in [0, 0.1) is 5.92 Å². The molecule has 2 rings (SSSR count). The zero-order chi connectivity index (χ0) is 13.8. The molecule has 1 aromatic rings. The number of piperidine rings is 1. The van der Waals surface area contributed by atoms with Crippen LogP contribution in [0.2, 0.25) is 5.02 Å². The molecule has 3 atom stereocenters. The van der Waals surface area contributed by atoms with Gasteiger partial charge in [0, 0.05) is 15.5 Å². The number of hydrogen-bond acceptors (Lipinski definition) is 2. The Morgan fingerprint density at radius 2 is 2.32 bits per heavy atom. The maximum Gasteiger partial charge on any atom is 0.0819 e. The topological polar surface area (TPSA) is 32.3 Å². The molecule has 0 amide bonds. The van der Waals surface area contributed by atoms with Gasteiger partial charge >= 0.3 is 0 Å². The lowest BCUT2D eigenvalue weighted by atomic mass is 9.87. The molecule has 1 heterocycles.